The molecule has 2 heteroatoms. The topological polar surface area (TPSA) is 17.1 Å². The van der Waals surface area contributed by atoms with Crippen LogP contribution in [0.5, 0.6) is 0 Å². The number of rotatable bonds is 2. The van der Waals surface area contributed by atoms with E-state index in [1.807, 2.05) is 0 Å². The minimum absolute atomic E-state index is 1.40. The summed E-state index contributed by atoms with van der Waals surface area (Å²) in [6, 6.07) is 0. The van der Waals surface area contributed by atoms with E-state index in [1.165, 1.54) is 11.4 Å². The van der Waals surface area contributed by atoms with Gasteiger partial charge in [-0.05, 0) is 11.4 Å². The molecule has 0 unspecified atom stereocenters. The first kappa shape index (κ1) is 5.50. The Bertz CT molecular complexity index is 75.5. The second-order valence-electron chi connectivity index (χ2n) is 0.811. The molecule has 1 nitrogen and oxygen atoms in total. The summed E-state index contributed by atoms with van der Waals surface area (Å²) in [4.78, 5) is 0. The molecular formula is C4H6OSi. The SMILES string of the molecule is C=C[Si](=O)C=C. The lowest BCUT2D eigenvalue weighted by Gasteiger charge is -1.64. The van der Waals surface area contributed by atoms with E-state index in [1.54, 1.807) is 0 Å². The molecule has 0 aliphatic rings. The minimum atomic E-state index is -1.59. The van der Waals surface area contributed by atoms with Gasteiger partial charge in [0.05, 0.1) is 0 Å². The van der Waals surface area contributed by atoms with Gasteiger partial charge in [-0.2, -0.15) is 0 Å². The molecule has 0 rings (SSSR count). The lowest BCUT2D eigenvalue weighted by atomic mass is 11.2. The third-order valence-corrected chi connectivity index (χ3v) is 1.21. The molecular weight excluding hydrogens is 92.1 g/mol. The van der Waals surface area contributed by atoms with Crippen molar-refractivity contribution in [1.29, 1.82) is 0 Å². The monoisotopic (exact) mass is 98.0 g/mol. The maximum atomic E-state index is 10.1. The van der Waals surface area contributed by atoms with E-state index in [4.69, 9.17) is 0 Å². The molecule has 0 bridgehead atoms. The second-order valence-corrected chi connectivity index (χ2v) is 2.43. The van der Waals surface area contributed by atoms with Crippen LogP contribution < -0.4 is 0 Å². The number of hydrogen-bond donors (Lipinski definition) is 0. The first-order valence-corrected chi connectivity index (χ1v) is 3.16. The van der Waals surface area contributed by atoms with Gasteiger partial charge >= 0.3 is 8.68 Å². The summed E-state index contributed by atoms with van der Waals surface area (Å²) < 4.78 is 10.1. The van der Waals surface area contributed by atoms with Gasteiger partial charge < -0.3 is 4.46 Å². The van der Waals surface area contributed by atoms with Gasteiger partial charge in [0.2, 0.25) is 0 Å². The summed E-state index contributed by atoms with van der Waals surface area (Å²) >= 11 is 0. The Balaban J connectivity index is 3.52. The van der Waals surface area contributed by atoms with E-state index in [2.05, 4.69) is 13.2 Å². The average Bonchev–Trinajstić information content (AvgIpc) is 1.65. The largest absolute Gasteiger partial charge is 0.378 e. The van der Waals surface area contributed by atoms with Crippen LogP contribution in [-0.4, -0.2) is 8.68 Å². The van der Waals surface area contributed by atoms with Gasteiger partial charge in [-0.3, -0.25) is 0 Å². The summed E-state index contributed by atoms with van der Waals surface area (Å²) in [6.45, 7) is 6.59. The van der Waals surface area contributed by atoms with Crippen molar-refractivity contribution in [2.24, 2.45) is 0 Å². The van der Waals surface area contributed by atoms with Gasteiger partial charge in [-0.1, -0.05) is 0 Å². The molecule has 0 saturated heterocycles. The van der Waals surface area contributed by atoms with Gasteiger partial charge in [0.1, 0.15) is 0 Å². The fraction of sp³-hybridized carbons (Fsp3) is 0. The van der Waals surface area contributed by atoms with Crippen LogP contribution in [0, 0.1) is 0 Å². The fourth-order valence-electron chi connectivity index (χ4n) is 0.0833. The van der Waals surface area contributed by atoms with E-state index < -0.39 is 8.68 Å². The maximum absolute atomic E-state index is 10.1. The van der Waals surface area contributed by atoms with Gasteiger partial charge in [-0.15, -0.1) is 13.2 Å². The lowest BCUT2D eigenvalue weighted by molar-refractivity contribution is 0.575. The molecule has 0 amide bonds. The third-order valence-electron chi connectivity index (χ3n) is 0.402. The molecule has 0 heterocycles. The Kier molecular flexibility index (Phi) is 2.49. The summed E-state index contributed by atoms with van der Waals surface area (Å²) in [5.41, 5.74) is 2.80. The van der Waals surface area contributed by atoms with Crippen LogP contribution in [0.4, 0.5) is 0 Å². The highest BCUT2D eigenvalue weighted by atomic mass is 28.3. The quantitative estimate of drug-likeness (QED) is 0.468. The smallest absolute Gasteiger partial charge is 0.330 e. The Morgan fingerprint density at radius 2 is 1.67 bits per heavy atom. The first-order chi connectivity index (χ1) is 2.81. The first-order valence-electron chi connectivity index (χ1n) is 1.60. The van der Waals surface area contributed by atoms with Crippen molar-refractivity contribution in [3.05, 3.63) is 24.6 Å². The molecule has 0 atom stereocenters. The predicted molar refractivity (Wildman–Crippen MR) is 26.8 cm³/mol. The highest BCUT2D eigenvalue weighted by Gasteiger charge is 1.81. The third kappa shape index (κ3) is 1.78. The Hall–Kier alpha value is -0.503. The van der Waals surface area contributed by atoms with E-state index >= 15 is 0 Å². The lowest BCUT2D eigenvalue weighted by Crippen LogP contribution is -1.83. The van der Waals surface area contributed by atoms with E-state index in [0.717, 1.165) is 0 Å². The normalized spacial score (nSPS) is 6.67. The van der Waals surface area contributed by atoms with Crippen molar-refractivity contribution < 1.29 is 4.46 Å². The Morgan fingerprint density at radius 3 is 1.67 bits per heavy atom. The second kappa shape index (κ2) is 2.72. The van der Waals surface area contributed by atoms with Crippen LogP contribution in [0.15, 0.2) is 24.6 Å². The Labute approximate surface area is 38.7 Å². The Morgan fingerprint density at radius 1 is 1.33 bits per heavy atom. The molecule has 0 radical (unpaired) electrons. The van der Waals surface area contributed by atoms with Crippen molar-refractivity contribution in [3.63, 3.8) is 0 Å². The molecule has 32 valence electrons. The molecule has 0 aromatic carbocycles. The van der Waals surface area contributed by atoms with E-state index in [0.29, 0.717) is 0 Å². The van der Waals surface area contributed by atoms with E-state index in [-0.39, 0.29) is 0 Å². The molecule has 0 N–H and O–H groups in total. The fourth-order valence-corrected chi connectivity index (χ4v) is 0.250. The standard InChI is InChI=1S/C4H6OSi/c1-3-6(5)4-2/h3-4H,1-2H2. The summed E-state index contributed by atoms with van der Waals surface area (Å²) in [6.07, 6.45) is 0. The van der Waals surface area contributed by atoms with Crippen molar-refractivity contribution in [1.82, 2.24) is 0 Å². The zero-order chi connectivity index (χ0) is 4.99. The van der Waals surface area contributed by atoms with Crippen LogP contribution in [0.3, 0.4) is 0 Å². The van der Waals surface area contributed by atoms with Crippen LogP contribution in [0.1, 0.15) is 0 Å². The highest BCUT2D eigenvalue weighted by Crippen LogP contribution is 1.64. The molecule has 0 spiro atoms. The molecule has 0 aliphatic heterocycles. The van der Waals surface area contributed by atoms with Crippen molar-refractivity contribution >= 4 is 8.68 Å². The highest BCUT2D eigenvalue weighted by molar-refractivity contribution is 6.54. The molecule has 0 aromatic heterocycles. The zero-order valence-electron chi connectivity index (χ0n) is 3.48. The number of hydrogen-bond acceptors (Lipinski definition) is 1. The van der Waals surface area contributed by atoms with Crippen molar-refractivity contribution in [3.8, 4) is 0 Å². The van der Waals surface area contributed by atoms with Crippen molar-refractivity contribution in [2.75, 3.05) is 0 Å². The summed E-state index contributed by atoms with van der Waals surface area (Å²) in [5, 5.41) is 0. The van der Waals surface area contributed by atoms with Crippen LogP contribution >= 0.6 is 0 Å². The minimum Gasteiger partial charge on any atom is -0.378 e. The zero-order valence-corrected chi connectivity index (χ0v) is 4.48. The molecule has 0 aliphatic carbocycles. The van der Waals surface area contributed by atoms with Crippen LogP contribution in [0.2, 0.25) is 0 Å². The molecule has 0 saturated carbocycles. The predicted octanol–water partition coefficient (Wildman–Crippen LogP) is 0.859. The van der Waals surface area contributed by atoms with E-state index in [9.17, 15) is 4.46 Å². The van der Waals surface area contributed by atoms with Crippen molar-refractivity contribution in [2.45, 2.75) is 0 Å². The average molecular weight is 98.2 g/mol. The molecule has 6 heavy (non-hydrogen) atoms. The molecule has 0 aromatic rings. The molecule has 0 fully saturated rings. The van der Waals surface area contributed by atoms with Gasteiger partial charge in [0.25, 0.3) is 0 Å². The van der Waals surface area contributed by atoms with Gasteiger partial charge in [0, 0.05) is 0 Å². The summed E-state index contributed by atoms with van der Waals surface area (Å²) in [7, 11) is -1.59. The maximum Gasteiger partial charge on any atom is 0.330 e. The summed E-state index contributed by atoms with van der Waals surface area (Å²) in [5.74, 6) is 0. The van der Waals surface area contributed by atoms with Gasteiger partial charge in [-0.25, -0.2) is 0 Å². The van der Waals surface area contributed by atoms with Gasteiger partial charge in [0.15, 0.2) is 0 Å². The van der Waals surface area contributed by atoms with Crippen LogP contribution in [-0.2, 0) is 4.46 Å². The van der Waals surface area contributed by atoms with Crippen LogP contribution in [0.25, 0.3) is 0 Å².